The SMILES string of the molecule is CCC[C@@H](Nc1ccccc1)C(C)(C)C(=O)OCC. The van der Waals surface area contributed by atoms with Crippen molar-refractivity contribution in [3.8, 4) is 0 Å². The summed E-state index contributed by atoms with van der Waals surface area (Å²) in [6.45, 7) is 8.28. The first-order chi connectivity index (χ1) is 9.02. The quantitative estimate of drug-likeness (QED) is 0.759. The average molecular weight is 263 g/mol. The summed E-state index contributed by atoms with van der Waals surface area (Å²) in [6, 6.07) is 10.1. The molecule has 0 aromatic heterocycles. The highest BCUT2D eigenvalue weighted by Crippen LogP contribution is 2.29. The van der Waals surface area contributed by atoms with Crippen LogP contribution in [0.15, 0.2) is 30.3 Å². The summed E-state index contributed by atoms with van der Waals surface area (Å²) in [5.74, 6) is -0.142. The minimum absolute atomic E-state index is 0.0685. The molecular weight excluding hydrogens is 238 g/mol. The minimum Gasteiger partial charge on any atom is -0.466 e. The monoisotopic (exact) mass is 263 g/mol. The summed E-state index contributed by atoms with van der Waals surface area (Å²) in [4.78, 5) is 12.1. The number of hydrogen-bond donors (Lipinski definition) is 1. The second-order valence-electron chi connectivity index (χ2n) is 5.29. The van der Waals surface area contributed by atoms with Gasteiger partial charge in [-0.15, -0.1) is 0 Å². The zero-order valence-electron chi connectivity index (χ0n) is 12.4. The highest BCUT2D eigenvalue weighted by molar-refractivity contribution is 5.77. The van der Waals surface area contributed by atoms with Gasteiger partial charge in [0.2, 0.25) is 0 Å². The molecule has 0 aliphatic heterocycles. The van der Waals surface area contributed by atoms with Crippen LogP contribution in [0.2, 0.25) is 0 Å². The van der Waals surface area contributed by atoms with E-state index in [4.69, 9.17) is 4.74 Å². The van der Waals surface area contributed by atoms with E-state index in [-0.39, 0.29) is 12.0 Å². The van der Waals surface area contributed by atoms with Gasteiger partial charge in [-0.3, -0.25) is 4.79 Å². The number of esters is 1. The first kappa shape index (κ1) is 15.5. The summed E-state index contributed by atoms with van der Waals surface area (Å²) in [5.41, 5.74) is 0.500. The lowest BCUT2D eigenvalue weighted by Gasteiger charge is -2.33. The molecule has 0 aliphatic carbocycles. The molecule has 0 radical (unpaired) electrons. The fraction of sp³-hybridized carbons (Fsp3) is 0.562. The highest BCUT2D eigenvalue weighted by atomic mass is 16.5. The van der Waals surface area contributed by atoms with Crippen LogP contribution in [0.4, 0.5) is 5.69 Å². The maximum Gasteiger partial charge on any atom is 0.313 e. The molecule has 19 heavy (non-hydrogen) atoms. The van der Waals surface area contributed by atoms with E-state index in [9.17, 15) is 4.79 Å². The van der Waals surface area contributed by atoms with Crippen molar-refractivity contribution in [2.24, 2.45) is 5.41 Å². The first-order valence-electron chi connectivity index (χ1n) is 7.01. The Morgan fingerprint density at radius 2 is 1.89 bits per heavy atom. The summed E-state index contributed by atoms with van der Waals surface area (Å²) < 4.78 is 5.19. The van der Waals surface area contributed by atoms with Gasteiger partial charge in [0.15, 0.2) is 0 Å². The number of anilines is 1. The Hall–Kier alpha value is -1.51. The number of hydrogen-bond acceptors (Lipinski definition) is 3. The third kappa shape index (κ3) is 4.27. The number of ether oxygens (including phenoxy) is 1. The zero-order valence-corrected chi connectivity index (χ0v) is 12.4. The van der Waals surface area contributed by atoms with Gasteiger partial charge in [-0.25, -0.2) is 0 Å². The largest absolute Gasteiger partial charge is 0.466 e. The molecule has 0 spiro atoms. The van der Waals surface area contributed by atoms with Crippen molar-refractivity contribution >= 4 is 11.7 Å². The van der Waals surface area contributed by atoms with Gasteiger partial charge in [0, 0.05) is 11.7 Å². The van der Waals surface area contributed by atoms with Gasteiger partial charge in [0.05, 0.1) is 12.0 Å². The Morgan fingerprint density at radius 3 is 2.42 bits per heavy atom. The molecule has 0 fully saturated rings. The third-order valence-corrected chi connectivity index (χ3v) is 3.36. The number of para-hydroxylation sites is 1. The fourth-order valence-electron chi connectivity index (χ4n) is 2.10. The molecular formula is C16H25NO2. The van der Waals surface area contributed by atoms with Gasteiger partial charge in [-0.05, 0) is 39.3 Å². The Kier molecular flexibility index (Phi) is 5.87. The van der Waals surface area contributed by atoms with Crippen LogP contribution >= 0.6 is 0 Å². The van der Waals surface area contributed by atoms with Crippen LogP contribution in [0.3, 0.4) is 0 Å². The molecule has 1 N–H and O–H groups in total. The van der Waals surface area contributed by atoms with Crippen molar-refractivity contribution in [1.29, 1.82) is 0 Å². The van der Waals surface area contributed by atoms with Crippen LogP contribution in [0.25, 0.3) is 0 Å². The predicted molar refractivity (Wildman–Crippen MR) is 79.2 cm³/mol. The average Bonchev–Trinajstić information content (AvgIpc) is 2.39. The van der Waals surface area contributed by atoms with Crippen LogP contribution in [-0.2, 0) is 9.53 Å². The molecule has 106 valence electrons. The molecule has 1 aromatic carbocycles. The molecule has 1 aromatic rings. The maximum atomic E-state index is 12.1. The molecule has 0 aliphatic rings. The summed E-state index contributed by atoms with van der Waals surface area (Å²) in [6.07, 6.45) is 1.95. The van der Waals surface area contributed by atoms with Crippen molar-refractivity contribution in [2.75, 3.05) is 11.9 Å². The Balaban J connectivity index is 2.84. The van der Waals surface area contributed by atoms with Crippen molar-refractivity contribution in [1.82, 2.24) is 0 Å². The molecule has 0 unspecified atom stereocenters. The maximum absolute atomic E-state index is 12.1. The third-order valence-electron chi connectivity index (χ3n) is 3.36. The molecule has 0 heterocycles. The first-order valence-corrected chi connectivity index (χ1v) is 7.01. The minimum atomic E-state index is -0.540. The number of carbonyl (C=O) groups excluding carboxylic acids is 1. The van der Waals surface area contributed by atoms with E-state index in [1.54, 1.807) is 0 Å². The van der Waals surface area contributed by atoms with Gasteiger partial charge in [-0.1, -0.05) is 31.5 Å². The van der Waals surface area contributed by atoms with E-state index >= 15 is 0 Å². The van der Waals surface area contributed by atoms with Crippen molar-refractivity contribution in [3.63, 3.8) is 0 Å². The Morgan fingerprint density at radius 1 is 1.26 bits per heavy atom. The van der Waals surface area contributed by atoms with Crippen LogP contribution < -0.4 is 5.32 Å². The molecule has 0 bridgehead atoms. The Bertz CT molecular complexity index is 387. The molecule has 1 atom stereocenters. The number of nitrogens with one attached hydrogen (secondary N) is 1. The highest BCUT2D eigenvalue weighted by Gasteiger charge is 2.37. The van der Waals surface area contributed by atoms with Gasteiger partial charge in [-0.2, -0.15) is 0 Å². The van der Waals surface area contributed by atoms with E-state index in [0.29, 0.717) is 6.61 Å². The lowest BCUT2D eigenvalue weighted by Crippen LogP contribution is -2.43. The van der Waals surface area contributed by atoms with E-state index in [0.717, 1.165) is 18.5 Å². The molecule has 1 rings (SSSR count). The number of rotatable bonds is 7. The van der Waals surface area contributed by atoms with E-state index in [1.165, 1.54) is 0 Å². The lowest BCUT2D eigenvalue weighted by molar-refractivity contribution is -0.154. The summed E-state index contributed by atoms with van der Waals surface area (Å²) in [7, 11) is 0. The molecule has 0 saturated heterocycles. The molecule has 3 heteroatoms. The second-order valence-corrected chi connectivity index (χ2v) is 5.29. The van der Waals surface area contributed by atoms with Crippen molar-refractivity contribution in [2.45, 2.75) is 46.6 Å². The molecule has 0 saturated carbocycles. The summed E-state index contributed by atoms with van der Waals surface area (Å²) >= 11 is 0. The van der Waals surface area contributed by atoms with Gasteiger partial charge in [0.1, 0.15) is 0 Å². The normalized spacial score (nSPS) is 12.8. The van der Waals surface area contributed by atoms with Crippen LogP contribution in [0, 0.1) is 5.41 Å². The molecule has 3 nitrogen and oxygen atoms in total. The predicted octanol–water partition coefficient (Wildman–Crippen LogP) is 3.86. The van der Waals surface area contributed by atoms with E-state index in [1.807, 2.05) is 51.1 Å². The number of carbonyl (C=O) groups is 1. The zero-order chi connectivity index (χ0) is 14.3. The second kappa shape index (κ2) is 7.17. The topological polar surface area (TPSA) is 38.3 Å². The van der Waals surface area contributed by atoms with Gasteiger partial charge >= 0.3 is 5.97 Å². The number of benzene rings is 1. The van der Waals surface area contributed by atoms with Crippen molar-refractivity contribution < 1.29 is 9.53 Å². The Labute approximate surface area is 116 Å². The van der Waals surface area contributed by atoms with Gasteiger partial charge in [0.25, 0.3) is 0 Å². The summed E-state index contributed by atoms with van der Waals surface area (Å²) in [5, 5.41) is 3.46. The van der Waals surface area contributed by atoms with Crippen molar-refractivity contribution in [3.05, 3.63) is 30.3 Å². The van der Waals surface area contributed by atoms with Gasteiger partial charge < -0.3 is 10.1 Å². The molecule has 0 amide bonds. The standard InChI is InChI=1S/C16H25NO2/c1-5-10-14(16(3,4)15(18)19-6-2)17-13-11-8-7-9-12-13/h7-9,11-12,14,17H,5-6,10H2,1-4H3/t14-/m1/s1. The van der Waals surface area contributed by atoms with Crippen LogP contribution in [0.1, 0.15) is 40.5 Å². The van der Waals surface area contributed by atoms with Crippen LogP contribution in [0.5, 0.6) is 0 Å². The van der Waals surface area contributed by atoms with E-state index in [2.05, 4.69) is 12.2 Å². The fourth-order valence-corrected chi connectivity index (χ4v) is 2.10. The smallest absolute Gasteiger partial charge is 0.313 e. The lowest BCUT2D eigenvalue weighted by atomic mass is 9.81. The van der Waals surface area contributed by atoms with Crippen LogP contribution in [-0.4, -0.2) is 18.6 Å². The van der Waals surface area contributed by atoms with E-state index < -0.39 is 5.41 Å².